The van der Waals surface area contributed by atoms with Crippen LogP contribution in [0.1, 0.15) is 31.0 Å². The van der Waals surface area contributed by atoms with Gasteiger partial charge < -0.3 is 14.5 Å². The zero-order valence-electron chi connectivity index (χ0n) is 18.6. The van der Waals surface area contributed by atoms with Crippen molar-refractivity contribution in [3.05, 3.63) is 53.6 Å². The maximum Gasteiger partial charge on any atom is 0.257 e. The van der Waals surface area contributed by atoms with E-state index in [-0.39, 0.29) is 22.6 Å². The Labute approximate surface area is 197 Å². The molecule has 1 atom stereocenters. The van der Waals surface area contributed by atoms with Crippen LogP contribution in [0.5, 0.6) is 0 Å². The number of aromatic nitrogens is 1. The van der Waals surface area contributed by atoms with Crippen molar-refractivity contribution in [2.75, 3.05) is 32.1 Å². The highest BCUT2D eigenvalue weighted by Gasteiger charge is 2.27. The molecule has 1 aliphatic rings. The highest BCUT2D eigenvalue weighted by Crippen LogP contribution is 2.27. The first-order valence-electron chi connectivity index (χ1n) is 10.9. The Morgan fingerprint density at radius 1 is 1.18 bits per heavy atom. The number of aryl methyl sites for hydroxylation is 1. The first-order chi connectivity index (χ1) is 15.9. The lowest BCUT2D eigenvalue weighted by Crippen LogP contribution is -2.40. The lowest BCUT2D eigenvalue weighted by molar-refractivity contribution is -0.119. The van der Waals surface area contributed by atoms with Crippen LogP contribution in [0, 0.1) is 0 Å². The van der Waals surface area contributed by atoms with Gasteiger partial charge in [-0.2, -0.15) is 4.31 Å². The van der Waals surface area contributed by atoms with E-state index in [0.29, 0.717) is 42.6 Å². The molecule has 3 aromatic rings. The second-order valence-electron chi connectivity index (χ2n) is 7.80. The van der Waals surface area contributed by atoms with Crippen LogP contribution in [0.2, 0.25) is 0 Å². The van der Waals surface area contributed by atoms with Crippen LogP contribution in [0.3, 0.4) is 0 Å². The van der Waals surface area contributed by atoms with E-state index in [4.69, 9.17) is 9.15 Å². The normalized spacial score (nSPS) is 16.1. The molecule has 0 unspecified atom stereocenters. The summed E-state index contributed by atoms with van der Waals surface area (Å²) in [7, 11) is -3.61. The standard InChI is InChI=1S/C23H27N3O5S2/c1-3-17-4-6-18(7-5-17)16(2)24-22(27)15-32-23-25-20-14-19(8-9-21(20)31-23)33(28,29)26-10-12-30-13-11-26/h4-9,14,16H,3,10-13,15H2,1-2H3,(H,24,27)/t16-/m0/s1. The van der Waals surface area contributed by atoms with Crippen LogP contribution in [0.15, 0.2) is 57.0 Å². The molecular formula is C23H27N3O5S2. The molecule has 0 aliphatic carbocycles. The number of oxazole rings is 1. The van der Waals surface area contributed by atoms with Gasteiger partial charge >= 0.3 is 0 Å². The summed E-state index contributed by atoms with van der Waals surface area (Å²) in [5.41, 5.74) is 3.21. The van der Waals surface area contributed by atoms with Gasteiger partial charge in [0.15, 0.2) is 5.58 Å². The number of carbonyl (C=O) groups is 1. The van der Waals surface area contributed by atoms with E-state index in [1.54, 1.807) is 6.07 Å². The molecule has 1 aromatic heterocycles. The van der Waals surface area contributed by atoms with Gasteiger partial charge in [-0.15, -0.1) is 0 Å². The van der Waals surface area contributed by atoms with Gasteiger partial charge in [-0.1, -0.05) is 43.0 Å². The molecule has 1 amide bonds. The second-order valence-corrected chi connectivity index (χ2v) is 10.7. The first kappa shape index (κ1) is 23.7. The number of benzene rings is 2. The molecular weight excluding hydrogens is 462 g/mol. The Bertz CT molecular complexity index is 1220. The molecule has 0 saturated carbocycles. The summed E-state index contributed by atoms with van der Waals surface area (Å²) in [5, 5.41) is 3.30. The van der Waals surface area contributed by atoms with Gasteiger partial charge in [-0.25, -0.2) is 13.4 Å². The third-order valence-corrected chi connectivity index (χ3v) is 8.26. The Morgan fingerprint density at radius 2 is 1.91 bits per heavy atom. The van der Waals surface area contributed by atoms with E-state index < -0.39 is 10.0 Å². The summed E-state index contributed by atoms with van der Waals surface area (Å²) < 4.78 is 38.1. The number of fused-ring (bicyclic) bond motifs is 1. The number of hydrogen-bond acceptors (Lipinski definition) is 7. The molecule has 0 bridgehead atoms. The molecule has 1 aliphatic heterocycles. The van der Waals surface area contributed by atoms with Crippen molar-refractivity contribution < 1.29 is 22.4 Å². The molecule has 0 spiro atoms. The number of amides is 1. The number of carbonyl (C=O) groups excluding carboxylic acids is 1. The largest absolute Gasteiger partial charge is 0.431 e. The second kappa shape index (κ2) is 10.3. The van der Waals surface area contributed by atoms with Crippen molar-refractivity contribution in [3.63, 3.8) is 0 Å². The van der Waals surface area contributed by atoms with Crippen molar-refractivity contribution in [3.8, 4) is 0 Å². The number of nitrogens with one attached hydrogen (secondary N) is 1. The molecule has 0 radical (unpaired) electrons. The molecule has 8 nitrogen and oxygen atoms in total. The van der Waals surface area contributed by atoms with Crippen molar-refractivity contribution >= 4 is 38.8 Å². The third kappa shape index (κ3) is 5.57. The predicted octanol–water partition coefficient (Wildman–Crippen LogP) is 3.38. The number of hydrogen-bond donors (Lipinski definition) is 1. The van der Waals surface area contributed by atoms with Crippen molar-refractivity contribution in [2.45, 2.75) is 36.4 Å². The summed E-state index contributed by atoms with van der Waals surface area (Å²) in [5.74, 6) is 0.00766. The number of nitrogens with zero attached hydrogens (tertiary/aromatic N) is 2. The van der Waals surface area contributed by atoms with Crippen molar-refractivity contribution in [1.29, 1.82) is 0 Å². The zero-order chi connectivity index (χ0) is 23.4. The van der Waals surface area contributed by atoms with Crippen molar-refractivity contribution in [2.24, 2.45) is 0 Å². The fourth-order valence-electron chi connectivity index (χ4n) is 3.58. The Balaban J connectivity index is 1.38. The fourth-order valence-corrected chi connectivity index (χ4v) is 5.66. The van der Waals surface area contributed by atoms with E-state index in [9.17, 15) is 13.2 Å². The molecule has 2 heterocycles. The van der Waals surface area contributed by atoms with Crippen LogP contribution in [0.4, 0.5) is 0 Å². The van der Waals surface area contributed by atoms with Crippen LogP contribution < -0.4 is 5.32 Å². The Kier molecular flexibility index (Phi) is 7.38. The number of thioether (sulfide) groups is 1. The lowest BCUT2D eigenvalue weighted by Gasteiger charge is -2.25. The van der Waals surface area contributed by atoms with Gasteiger partial charge in [0.1, 0.15) is 5.52 Å². The van der Waals surface area contributed by atoms with Crippen molar-refractivity contribution in [1.82, 2.24) is 14.6 Å². The van der Waals surface area contributed by atoms with E-state index in [0.717, 1.165) is 12.0 Å². The van der Waals surface area contributed by atoms with Gasteiger partial charge in [0.2, 0.25) is 15.9 Å². The monoisotopic (exact) mass is 489 g/mol. The van der Waals surface area contributed by atoms with E-state index >= 15 is 0 Å². The summed E-state index contributed by atoms with van der Waals surface area (Å²) in [4.78, 5) is 16.9. The number of rotatable bonds is 8. The predicted molar refractivity (Wildman–Crippen MR) is 127 cm³/mol. The third-order valence-electron chi connectivity index (χ3n) is 5.54. The summed E-state index contributed by atoms with van der Waals surface area (Å²) >= 11 is 1.17. The lowest BCUT2D eigenvalue weighted by atomic mass is 10.1. The molecule has 1 N–H and O–H groups in total. The average molecular weight is 490 g/mol. The average Bonchev–Trinajstić information content (AvgIpc) is 3.25. The van der Waals surface area contributed by atoms with Crippen LogP contribution in [-0.2, 0) is 26.0 Å². The first-order valence-corrected chi connectivity index (χ1v) is 13.3. The molecule has 2 aromatic carbocycles. The van der Waals surface area contributed by atoms with Crippen LogP contribution in [0.25, 0.3) is 11.1 Å². The Morgan fingerprint density at radius 3 is 2.61 bits per heavy atom. The van der Waals surface area contributed by atoms with Gasteiger partial charge in [0.05, 0.1) is 29.9 Å². The maximum atomic E-state index is 12.9. The minimum Gasteiger partial charge on any atom is -0.431 e. The van der Waals surface area contributed by atoms with Gasteiger partial charge in [0.25, 0.3) is 5.22 Å². The van der Waals surface area contributed by atoms with Crippen LogP contribution in [-0.4, -0.2) is 55.7 Å². The molecule has 1 fully saturated rings. The molecule has 10 heteroatoms. The zero-order valence-corrected chi connectivity index (χ0v) is 20.2. The number of sulfonamides is 1. The van der Waals surface area contributed by atoms with Gasteiger partial charge in [-0.3, -0.25) is 4.79 Å². The van der Waals surface area contributed by atoms with E-state index in [1.165, 1.54) is 33.8 Å². The molecule has 4 rings (SSSR count). The Hall–Kier alpha value is -2.40. The fraction of sp³-hybridized carbons (Fsp3) is 0.391. The SMILES string of the molecule is CCc1ccc([C@H](C)NC(=O)CSc2nc3cc(S(=O)(=O)N4CCOCC4)ccc3o2)cc1. The minimum absolute atomic E-state index is 0.111. The number of ether oxygens (including phenoxy) is 1. The molecule has 176 valence electrons. The van der Waals surface area contributed by atoms with E-state index in [1.807, 2.05) is 19.1 Å². The smallest absolute Gasteiger partial charge is 0.257 e. The van der Waals surface area contributed by atoms with Gasteiger partial charge in [-0.05, 0) is 42.7 Å². The highest BCUT2D eigenvalue weighted by molar-refractivity contribution is 7.99. The van der Waals surface area contributed by atoms with E-state index in [2.05, 4.69) is 29.4 Å². The van der Waals surface area contributed by atoms with Gasteiger partial charge in [0, 0.05) is 13.1 Å². The minimum atomic E-state index is -3.61. The summed E-state index contributed by atoms with van der Waals surface area (Å²) in [6.45, 7) is 5.48. The number of morpholine rings is 1. The highest BCUT2D eigenvalue weighted by atomic mass is 32.2. The quantitative estimate of drug-likeness (QED) is 0.484. The molecule has 1 saturated heterocycles. The topological polar surface area (TPSA) is 102 Å². The summed E-state index contributed by atoms with van der Waals surface area (Å²) in [6, 6.07) is 12.7. The maximum absolute atomic E-state index is 12.9. The van der Waals surface area contributed by atoms with Crippen LogP contribution >= 0.6 is 11.8 Å². The molecule has 33 heavy (non-hydrogen) atoms. The summed E-state index contributed by atoms with van der Waals surface area (Å²) in [6.07, 6.45) is 0.975.